The van der Waals surface area contributed by atoms with Crippen LogP contribution in [0.15, 0.2) is 24.3 Å². The molecule has 1 aliphatic rings. The van der Waals surface area contributed by atoms with Gasteiger partial charge in [-0.3, -0.25) is 14.9 Å². The molecule has 1 aliphatic heterocycles. The van der Waals surface area contributed by atoms with Crippen molar-refractivity contribution in [3.05, 3.63) is 39.9 Å². The fourth-order valence-corrected chi connectivity index (χ4v) is 6.23. The first-order valence-corrected chi connectivity index (χ1v) is 8.73. The Hall–Kier alpha value is -1.12. The van der Waals surface area contributed by atoms with Crippen LogP contribution < -0.4 is 0 Å². The number of nitro groups is 1. The fourth-order valence-electron chi connectivity index (χ4n) is 1.89. The van der Waals surface area contributed by atoms with Crippen LogP contribution in [-0.4, -0.2) is 40.6 Å². The van der Waals surface area contributed by atoms with Crippen LogP contribution in [-0.2, 0) is 9.84 Å². The number of para-hydroxylation sites is 1. The van der Waals surface area contributed by atoms with E-state index >= 15 is 0 Å². The van der Waals surface area contributed by atoms with Crippen LogP contribution in [0.1, 0.15) is 10.4 Å². The van der Waals surface area contributed by atoms with Crippen molar-refractivity contribution < 1.29 is 18.1 Å². The highest BCUT2D eigenvalue weighted by Crippen LogP contribution is 2.32. The number of carbonyl (C=O) groups is 1. The number of benzene rings is 1. The first-order valence-electron chi connectivity index (χ1n) is 5.59. The van der Waals surface area contributed by atoms with E-state index in [2.05, 4.69) is 0 Å². The molecule has 0 spiro atoms. The number of halogens is 1. The van der Waals surface area contributed by atoms with Gasteiger partial charge in [0, 0.05) is 11.3 Å². The molecule has 2 atom stereocenters. The highest BCUT2D eigenvalue weighted by molar-refractivity contribution is 8.15. The molecule has 2 rings (SSSR count). The number of rotatable bonds is 3. The van der Waals surface area contributed by atoms with Crippen molar-refractivity contribution in [2.45, 2.75) is 10.6 Å². The van der Waals surface area contributed by atoms with Crippen molar-refractivity contribution in [3.63, 3.8) is 0 Å². The second-order valence-corrected chi connectivity index (χ2v) is 8.24. The number of hydrogen-bond acceptors (Lipinski definition) is 6. The van der Waals surface area contributed by atoms with Gasteiger partial charge in [-0.15, -0.1) is 11.6 Å². The number of thioether (sulfide) groups is 1. The molecule has 0 bridgehead atoms. The van der Waals surface area contributed by atoms with Crippen molar-refractivity contribution >= 4 is 44.0 Å². The maximum atomic E-state index is 12.1. The largest absolute Gasteiger partial charge is 0.281 e. The van der Waals surface area contributed by atoms with E-state index in [1.807, 2.05) is 0 Å². The molecule has 6 nitrogen and oxygen atoms in total. The minimum absolute atomic E-state index is 0.0457. The van der Waals surface area contributed by atoms with Gasteiger partial charge in [0.25, 0.3) is 5.69 Å². The molecule has 1 aromatic carbocycles. The Labute approximate surface area is 124 Å². The molecule has 1 saturated heterocycles. The Morgan fingerprint density at radius 3 is 2.55 bits per heavy atom. The van der Waals surface area contributed by atoms with E-state index in [0.29, 0.717) is 0 Å². The van der Waals surface area contributed by atoms with Crippen molar-refractivity contribution in [1.29, 1.82) is 0 Å². The van der Waals surface area contributed by atoms with E-state index in [1.165, 1.54) is 24.3 Å². The maximum absolute atomic E-state index is 12.1. The van der Waals surface area contributed by atoms with Crippen LogP contribution >= 0.6 is 23.4 Å². The lowest BCUT2D eigenvalue weighted by molar-refractivity contribution is -0.385. The zero-order valence-electron chi connectivity index (χ0n) is 10.1. The van der Waals surface area contributed by atoms with Gasteiger partial charge < -0.3 is 0 Å². The van der Waals surface area contributed by atoms with E-state index in [-0.39, 0.29) is 22.8 Å². The minimum atomic E-state index is -3.24. The molecule has 1 heterocycles. The van der Waals surface area contributed by atoms with Gasteiger partial charge in [0.05, 0.1) is 21.8 Å². The van der Waals surface area contributed by atoms with Crippen LogP contribution in [0.2, 0.25) is 0 Å². The van der Waals surface area contributed by atoms with Gasteiger partial charge >= 0.3 is 0 Å². The van der Waals surface area contributed by atoms with Crippen molar-refractivity contribution in [2.24, 2.45) is 0 Å². The number of carbonyl (C=O) groups excluding carboxylic acids is 1. The van der Waals surface area contributed by atoms with Gasteiger partial charge in [0.15, 0.2) is 9.84 Å². The number of alkyl halides is 1. The topological polar surface area (TPSA) is 94.3 Å². The molecule has 108 valence electrons. The van der Waals surface area contributed by atoms with Crippen molar-refractivity contribution in [2.75, 3.05) is 11.5 Å². The summed E-state index contributed by atoms with van der Waals surface area (Å²) in [6, 6.07) is 5.56. The zero-order valence-corrected chi connectivity index (χ0v) is 12.5. The summed E-state index contributed by atoms with van der Waals surface area (Å²) in [5, 5.41) is 9.09. The molecule has 0 saturated carbocycles. The quantitative estimate of drug-likeness (QED) is 0.475. The summed E-state index contributed by atoms with van der Waals surface area (Å²) in [5.74, 6) is -0.353. The fraction of sp³-hybridized carbons (Fsp3) is 0.364. The Balaban J connectivity index is 2.20. The Morgan fingerprint density at radius 1 is 1.35 bits per heavy atom. The summed E-state index contributed by atoms with van der Waals surface area (Å²) >= 11 is 6.66. The predicted octanol–water partition coefficient (Wildman–Crippen LogP) is 1.87. The molecular weight excluding hydrogens is 326 g/mol. The number of nitro benzene ring substituents is 1. The summed E-state index contributed by atoms with van der Waals surface area (Å²) in [5.41, 5.74) is -0.340. The van der Waals surface area contributed by atoms with E-state index in [9.17, 15) is 23.3 Å². The lowest BCUT2D eigenvalue weighted by Crippen LogP contribution is -2.17. The average molecular weight is 336 g/mol. The SMILES string of the molecule is O=C(S[C@H]1CS(=O)(=O)C[C@@H]1Cl)c1ccccc1[N+](=O)[O-]. The van der Waals surface area contributed by atoms with Gasteiger partial charge in [0.2, 0.25) is 5.12 Å². The molecule has 0 radical (unpaired) electrons. The Bertz CT molecular complexity index is 661. The molecule has 9 heteroatoms. The number of sulfone groups is 1. The second-order valence-electron chi connectivity index (χ2n) is 4.31. The molecule has 1 aromatic rings. The van der Waals surface area contributed by atoms with E-state index in [1.54, 1.807) is 0 Å². The summed E-state index contributed by atoms with van der Waals surface area (Å²) in [6.45, 7) is 0. The normalized spacial score (nSPS) is 24.4. The van der Waals surface area contributed by atoms with Gasteiger partial charge in [-0.2, -0.15) is 0 Å². The van der Waals surface area contributed by atoms with Crippen LogP contribution in [0.3, 0.4) is 0 Å². The van der Waals surface area contributed by atoms with Crippen LogP contribution in [0.4, 0.5) is 5.69 Å². The smallest absolute Gasteiger partial charge is 0.281 e. The second kappa shape index (κ2) is 5.71. The Morgan fingerprint density at radius 2 is 2.00 bits per heavy atom. The van der Waals surface area contributed by atoms with Crippen LogP contribution in [0.5, 0.6) is 0 Å². The van der Waals surface area contributed by atoms with Gasteiger partial charge in [0.1, 0.15) is 5.56 Å². The first-order chi connectivity index (χ1) is 9.30. The third kappa shape index (κ3) is 3.31. The predicted molar refractivity (Wildman–Crippen MR) is 77.1 cm³/mol. The molecule has 0 aliphatic carbocycles. The standard InChI is InChI=1S/C11H10ClNO5S2/c12-8-5-20(17,18)6-10(8)19-11(14)7-3-1-2-4-9(7)13(15)16/h1-4,8,10H,5-6H2/t8-,10-/m0/s1. The molecular formula is C11H10ClNO5S2. The molecule has 0 N–H and O–H groups in total. The van der Waals surface area contributed by atoms with Crippen LogP contribution in [0.25, 0.3) is 0 Å². The maximum Gasteiger partial charge on any atom is 0.281 e. The third-order valence-electron chi connectivity index (χ3n) is 2.81. The van der Waals surface area contributed by atoms with Crippen LogP contribution in [0, 0.1) is 10.1 Å². The van der Waals surface area contributed by atoms with E-state index in [0.717, 1.165) is 11.8 Å². The number of hydrogen-bond donors (Lipinski definition) is 0. The summed E-state index contributed by atoms with van der Waals surface area (Å²) in [7, 11) is -3.24. The monoisotopic (exact) mass is 335 g/mol. The Kier molecular flexibility index (Phi) is 4.36. The van der Waals surface area contributed by atoms with Gasteiger partial charge in [-0.1, -0.05) is 23.9 Å². The van der Waals surface area contributed by atoms with Gasteiger partial charge in [-0.25, -0.2) is 8.42 Å². The van der Waals surface area contributed by atoms with E-state index in [4.69, 9.17) is 11.6 Å². The lowest BCUT2D eigenvalue weighted by atomic mass is 10.2. The highest BCUT2D eigenvalue weighted by Gasteiger charge is 2.39. The molecule has 0 aromatic heterocycles. The third-order valence-corrected chi connectivity index (χ3v) is 6.78. The van der Waals surface area contributed by atoms with E-state index < -0.39 is 30.5 Å². The van der Waals surface area contributed by atoms with Crippen molar-refractivity contribution in [1.82, 2.24) is 0 Å². The molecule has 1 fully saturated rings. The molecule has 20 heavy (non-hydrogen) atoms. The molecule has 0 amide bonds. The number of nitrogens with zero attached hydrogens (tertiary/aromatic N) is 1. The lowest BCUT2D eigenvalue weighted by Gasteiger charge is -2.10. The van der Waals surface area contributed by atoms with Crippen molar-refractivity contribution in [3.8, 4) is 0 Å². The summed E-state index contributed by atoms with van der Waals surface area (Å²) in [4.78, 5) is 22.3. The minimum Gasteiger partial charge on any atom is -0.281 e. The highest BCUT2D eigenvalue weighted by atomic mass is 35.5. The summed E-state index contributed by atoms with van der Waals surface area (Å²) in [6.07, 6.45) is 0. The summed E-state index contributed by atoms with van der Waals surface area (Å²) < 4.78 is 22.9. The molecule has 0 unspecified atom stereocenters. The first kappa shape index (κ1) is 15.3. The zero-order chi connectivity index (χ0) is 14.9. The average Bonchev–Trinajstić information content (AvgIpc) is 2.62. The van der Waals surface area contributed by atoms with Gasteiger partial charge in [-0.05, 0) is 6.07 Å².